The summed E-state index contributed by atoms with van der Waals surface area (Å²) >= 11 is 9.60. The lowest BCUT2D eigenvalue weighted by Crippen LogP contribution is -2.29. The molecule has 0 spiro atoms. The van der Waals surface area contributed by atoms with Gasteiger partial charge < -0.3 is 4.74 Å². The quantitative estimate of drug-likeness (QED) is 0.807. The highest BCUT2D eigenvalue weighted by atomic mass is 79.9. The molecule has 0 aliphatic carbocycles. The molecule has 0 saturated heterocycles. The Morgan fingerprint density at radius 1 is 1.29 bits per heavy atom. The van der Waals surface area contributed by atoms with Crippen LogP contribution >= 0.6 is 27.5 Å². The van der Waals surface area contributed by atoms with Crippen LogP contribution in [0.2, 0.25) is 5.02 Å². The summed E-state index contributed by atoms with van der Waals surface area (Å²) in [6.45, 7) is 0.545. The van der Waals surface area contributed by atoms with E-state index in [0.717, 1.165) is 10.0 Å². The number of hydrogen-bond donors (Lipinski definition) is 1. The third-order valence-corrected chi connectivity index (χ3v) is 3.90. The van der Waals surface area contributed by atoms with Gasteiger partial charge in [0, 0.05) is 16.0 Å². The summed E-state index contributed by atoms with van der Waals surface area (Å²) in [5, 5.41) is 3.71. The van der Waals surface area contributed by atoms with Crippen LogP contribution in [0.5, 0.6) is 0 Å². The molecule has 0 amide bonds. The molecule has 1 N–H and O–H groups in total. The van der Waals surface area contributed by atoms with Crippen molar-refractivity contribution in [2.45, 2.75) is 12.6 Å². The minimum Gasteiger partial charge on any atom is -0.468 e. The lowest BCUT2D eigenvalue weighted by molar-refractivity contribution is -0.143. The summed E-state index contributed by atoms with van der Waals surface area (Å²) in [4.78, 5) is 12.0. The Morgan fingerprint density at radius 2 is 2.00 bits per heavy atom. The van der Waals surface area contributed by atoms with Crippen LogP contribution in [0.4, 0.5) is 0 Å². The maximum absolute atomic E-state index is 12.0. The highest BCUT2D eigenvalue weighted by Gasteiger charge is 2.23. The predicted octanol–water partition coefficient (Wildman–Crippen LogP) is 4.11. The van der Waals surface area contributed by atoms with Crippen molar-refractivity contribution in [2.75, 3.05) is 7.11 Å². The topological polar surface area (TPSA) is 38.3 Å². The fraction of sp³-hybridized carbons (Fsp3) is 0.188. The van der Waals surface area contributed by atoms with E-state index in [9.17, 15) is 4.79 Å². The molecule has 110 valence electrons. The van der Waals surface area contributed by atoms with E-state index in [0.29, 0.717) is 17.1 Å². The summed E-state index contributed by atoms with van der Waals surface area (Å²) in [5.41, 5.74) is 1.77. The second kappa shape index (κ2) is 7.59. The standard InChI is InChI=1S/C16H15BrClNO2/c1-21-16(20)15(13-9-12(17)7-8-14(13)18)19-10-11-5-3-2-4-6-11/h2-9,15,19H,10H2,1H3. The minimum absolute atomic E-state index is 0.370. The van der Waals surface area contributed by atoms with Crippen LogP contribution < -0.4 is 5.32 Å². The molecule has 2 rings (SSSR count). The molecule has 2 aromatic carbocycles. The number of ether oxygens (including phenoxy) is 1. The van der Waals surface area contributed by atoms with Crippen molar-refractivity contribution in [3.05, 3.63) is 69.2 Å². The second-order valence-electron chi connectivity index (χ2n) is 4.49. The fourth-order valence-electron chi connectivity index (χ4n) is 1.99. The van der Waals surface area contributed by atoms with Crippen molar-refractivity contribution in [3.8, 4) is 0 Å². The first-order valence-electron chi connectivity index (χ1n) is 6.42. The summed E-state index contributed by atoms with van der Waals surface area (Å²) in [6, 6.07) is 14.6. The molecule has 1 atom stereocenters. The van der Waals surface area contributed by atoms with Gasteiger partial charge in [-0.25, -0.2) is 4.79 Å². The second-order valence-corrected chi connectivity index (χ2v) is 5.81. The molecule has 0 aromatic heterocycles. The van der Waals surface area contributed by atoms with E-state index in [4.69, 9.17) is 16.3 Å². The highest BCUT2D eigenvalue weighted by molar-refractivity contribution is 9.10. The van der Waals surface area contributed by atoms with Crippen molar-refractivity contribution in [3.63, 3.8) is 0 Å². The van der Waals surface area contributed by atoms with Crippen LogP contribution in [0, 0.1) is 0 Å². The summed E-state index contributed by atoms with van der Waals surface area (Å²) < 4.78 is 5.73. The highest BCUT2D eigenvalue weighted by Crippen LogP contribution is 2.27. The lowest BCUT2D eigenvalue weighted by atomic mass is 10.1. The zero-order valence-corrected chi connectivity index (χ0v) is 13.8. The van der Waals surface area contributed by atoms with E-state index in [1.807, 2.05) is 42.5 Å². The van der Waals surface area contributed by atoms with Gasteiger partial charge >= 0.3 is 5.97 Å². The normalized spacial score (nSPS) is 12.0. The van der Waals surface area contributed by atoms with Gasteiger partial charge in [-0.1, -0.05) is 57.9 Å². The van der Waals surface area contributed by atoms with E-state index >= 15 is 0 Å². The summed E-state index contributed by atoms with van der Waals surface area (Å²) in [6.07, 6.45) is 0. The molecule has 0 aliphatic rings. The van der Waals surface area contributed by atoms with Gasteiger partial charge in [0.15, 0.2) is 0 Å². The van der Waals surface area contributed by atoms with Gasteiger partial charge in [-0.05, 0) is 29.3 Å². The fourth-order valence-corrected chi connectivity index (χ4v) is 2.60. The van der Waals surface area contributed by atoms with Crippen LogP contribution in [-0.2, 0) is 16.1 Å². The van der Waals surface area contributed by atoms with Crippen molar-refractivity contribution in [1.29, 1.82) is 0 Å². The van der Waals surface area contributed by atoms with E-state index in [2.05, 4.69) is 21.2 Å². The molecule has 0 radical (unpaired) electrons. The largest absolute Gasteiger partial charge is 0.468 e. The molecule has 5 heteroatoms. The van der Waals surface area contributed by atoms with E-state index in [1.54, 1.807) is 6.07 Å². The molecule has 0 saturated carbocycles. The Hall–Kier alpha value is -1.36. The van der Waals surface area contributed by atoms with Crippen molar-refractivity contribution >= 4 is 33.5 Å². The number of halogens is 2. The monoisotopic (exact) mass is 367 g/mol. The average Bonchev–Trinajstić information content (AvgIpc) is 2.51. The van der Waals surface area contributed by atoms with E-state index in [-0.39, 0.29) is 5.97 Å². The Bertz CT molecular complexity index is 619. The zero-order chi connectivity index (χ0) is 15.2. The predicted molar refractivity (Wildman–Crippen MR) is 87.2 cm³/mol. The number of carbonyl (C=O) groups is 1. The van der Waals surface area contributed by atoms with Crippen LogP contribution in [-0.4, -0.2) is 13.1 Å². The first kappa shape index (κ1) is 16.0. The van der Waals surface area contributed by atoms with Crippen molar-refractivity contribution in [2.24, 2.45) is 0 Å². The number of methoxy groups -OCH3 is 1. The molecule has 3 nitrogen and oxygen atoms in total. The number of hydrogen-bond acceptors (Lipinski definition) is 3. The Labute approximate surface area is 137 Å². The van der Waals surface area contributed by atoms with Crippen molar-refractivity contribution < 1.29 is 9.53 Å². The Morgan fingerprint density at radius 3 is 2.67 bits per heavy atom. The van der Waals surface area contributed by atoms with E-state index in [1.165, 1.54) is 7.11 Å². The molecule has 2 aromatic rings. The van der Waals surface area contributed by atoms with Crippen LogP contribution in [0.3, 0.4) is 0 Å². The molecule has 0 bridgehead atoms. The van der Waals surface area contributed by atoms with Gasteiger partial charge in [0.1, 0.15) is 6.04 Å². The SMILES string of the molecule is COC(=O)C(NCc1ccccc1)c1cc(Br)ccc1Cl. The van der Waals surface area contributed by atoms with Gasteiger partial charge in [0.05, 0.1) is 7.11 Å². The molecule has 0 fully saturated rings. The van der Waals surface area contributed by atoms with Gasteiger partial charge in [0.2, 0.25) is 0 Å². The van der Waals surface area contributed by atoms with Crippen molar-refractivity contribution in [1.82, 2.24) is 5.32 Å². The maximum Gasteiger partial charge on any atom is 0.327 e. The number of esters is 1. The number of nitrogens with one attached hydrogen (secondary N) is 1. The van der Waals surface area contributed by atoms with Crippen LogP contribution in [0.15, 0.2) is 53.0 Å². The Kier molecular flexibility index (Phi) is 5.79. The molecule has 1 unspecified atom stereocenters. The number of carbonyl (C=O) groups excluding carboxylic acids is 1. The Balaban J connectivity index is 2.22. The van der Waals surface area contributed by atoms with E-state index < -0.39 is 6.04 Å². The molecule has 0 aliphatic heterocycles. The van der Waals surface area contributed by atoms with Gasteiger partial charge in [-0.2, -0.15) is 0 Å². The first-order valence-corrected chi connectivity index (χ1v) is 7.59. The van der Waals surface area contributed by atoms with Crippen LogP contribution in [0.25, 0.3) is 0 Å². The molecule has 0 heterocycles. The molecule has 21 heavy (non-hydrogen) atoms. The number of benzene rings is 2. The molecular weight excluding hydrogens is 354 g/mol. The average molecular weight is 369 g/mol. The molecular formula is C16H15BrClNO2. The van der Waals surface area contributed by atoms with Gasteiger partial charge in [-0.3, -0.25) is 5.32 Å². The van der Waals surface area contributed by atoms with Gasteiger partial charge in [-0.15, -0.1) is 0 Å². The zero-order valence-electron chi connectivity index (χ0n) is 11.5. The third-order valence-electron chi connectivity index (χ3n) is 3.06. The summed E-state index contributed by atoms with van der Waals surface area (Å²) in [7, 11) is 1.37. The maximum atomic E-state index is 12.0. The lowest BCUT2D eigenvalue weighted by Gasteiger charge is -2.18. The van der Waals surface area contributed by atoms with Gasteiger partial charge in [0.25, 0.3) is 0 Å². The van der Waals surface area contributed by atoms with Crippen LogP contribution in [0.1, 0.15) is 17.2 Å². The third kappa shape index (κ3) is 4.30. The first-order chi connectivity index (χ1) is 10.1. The summed E-state index contributed by atoms with van der Waals surface area (Å²) in [5.74, 6) is -0.370. The minimum atomic E-state index is -0.611. The number of rotatable bonds is 5. The smallest absolute Gasteiger partial charge is 0.327 e.